The van der Waals surface area contributed by atoms with Crippen molar-refractivity contribution in [3.63, 3.8) is 0 Å². The molecular formula is C11H11BrFN3O2S. The van der Waals surface area contributed by atoms with Crippen molar-refractivity contribution in [1.29, 1.82) is 0 Å². The second kappa shape index (κ2) is 4.93. The maximum atomic E-state index is 13.3. The fourth-order valence-electron chi connectivity index (χ4n) is 1.58. The first kappa shape index (κ1) is 14.0. The van der Waals surface area contributed by atoms with Crippen molar-refractivity contribution in [3.8, 4) is 0 Å². The predicted octanol–water partition coefficient (Wildman–Crippen LogP) is 2.43. The number of aryl methyl sites for hydroxylation is 2. The fourth-order valence-corrected chi connectivity index (χ4v) is 3.17. The van der Waals surface area contributed by atoms with E-state index in [1.54, 1.807) is 6.92 Å². The van der Waals surface area contributed by atoms with Gasteiger partial charge in [0, 0.05) is 7.05 Å². The predicted molar refractivity (Wildman–Crippen MR) is 72.9 cm³/mol. The monoisotopic (exact) mass is 347 g/mol. The molecule has 0 unspecified atom stereocenters. The van der Waals surface area contributed by atoms with Crippen LogP contribution in [0.5, 0.6) is 0 Å². The third-order valence-corrected chi connectivity index (χ3v) is 4.61. The zero-order valence-electron chi connectivity index (χ0n) is 10.2. The highest BCUT2D eigenvalue weighted by Crippen LogP contribution is 2.26. The van der Waals surface area contributed by atoms with Gasteiger partial charge in [-0.3, -0.25) is 9.40 Å². The Hall–Kier alpha value is -1.41. The molecule has 1 N–H and O–H groups in total. The van der Waals surface area contributed by atoms with Gasteiger partial charge >= 0.3 is 0 Å². The van der Waals surface area contributed by atoms with Gasteiger partial charge in [0.05, 0.1) is 16.4 Å². The van der Waals surface area contributed by atoms with Gasteiger partial charge in [-0.25, -0.2) is 4.39 Å². The van der Waals surface area contributed by atoms with Gasteiger partial charge in [-0.05, 0) is 46.6 Å². The van der Waals surface area contributed by atoms with E-state index in [0.717, 1.165) is 0 Å². The highest BCUT2D eigenvalue weighted by molar-refractivity contribution is 9.10. The highest BCUT2D eigenvalue weighted by Gasteiger charge is 2.19. The summed E-state index contributed by atoms with van der Waals surface area (Å²) in [5.41, 5.74) is 0.806. The molecular weight excluding hydrogens is 337 g/mol. The van der Waals surface area contributed by atoms with E-state index in [0.29, 0.717) is 11.3 Å². The van der Waals surface area contributed by atoms with Gasteiger partial charge < -0.3 is 0 Å². The zero-order chi connectivity index (χ0) is 14.2. The quantitative estimate of drug-likeness (QED) is 0.927. The van der Waals surface area contributed by atoms with E-state index in [9.17, 15) is 12.8 Å². The first-order valence-electron chi connectivity index (χ1n) is 5.28. The summed E-state index contributed by atoms with van der Waals surface area (Å²) < 4.78 is 41.4. The first-order chi connectivity index (χ1) is 8.81. The summed E-state index contributed by atoms with van der Waals surface area (Å²) in [6.07, 6.45) is 1.39. The number of hydrogen-bond donors (Lipinski definition) is 1. The third kappa shape index (κ3) is 2.79. The highest BCUT2D eigenvalue weighted by atomic mass is 79.9. The van der Waals surface area contributed by atoms with Crippen LogP contribution in [0.4, 0.5) is 10.1 Å². The Balaban J connectivity index is 2.42. The minimum absolute atomic E-state index is 0.0346. The summed E-state index contributed by atoms with van der Waals surface area (Å²) in [5, 5.41) is 3.84. The van der Waals surface area contributed by atoms with Gasteiger partial charge in [-0.2, -0.15) is 13.5 Å². The molecule has 2 rings (SSSR count). The van der Waals surface area contributed by atoms with Gasteiger partial charge in [0.25, 0.3) is 10.0 Å². The molecule has 0 saturated heterocycles. The van der Waals surface area contributed by atoms with Gasteiger partial charge in [0.1, 0.15) is 5.82 Å². The number of hydrogen-bond acceptors (Lipinski definition) is 3. The van der Waals surface area contributed by atoms with E-state index in [-0.39, 0.29) is 9.50 Å². The van der Waals surface area contributed by atoms with Crippen molar-refractivity contribution >= 4 is 31.6 Å². The Morgan fingerprint density at radius 3 is 2.68 bits per heavy atom. The molecule has 1 aromatic carbocycles. The number of nitrogens with zero attached hydrogens (tertiary/aromatic N) is 2. The molecule has 5 nitrogen and oxygen atoms in total. The Bertz CT molecular complexity index is 728. The van der Waals surface area contributed by atoms with Gasteiger partial charge in [-0.1, -0.05) is 0 Å². The SMILES string of the molecule is Cc1cc(F)c(Br)cc1NS(=O)(=O)c1ccnn1C. The van der Waals surface area contributed by atoms with Crippen molar-refractivity contribution in [3.05, 3.63) is 40.2 Å². The Kier molecular flexibility index (Phi) is 3.64. The molecule has 0 radical (unpaired) electrons. The van der Waals surface area contributed by atoms with Crippen LogP contribution in [0.3, 0.4) is 0 Å². The minimum atomic E-state index is -3.75. The summed E-state index contributed by atoms with van der Waals surface area (Å²) in [7, 11) is -2.22. The maximum Gasteiger partial charge on any atom is 0.279 e. The van der Waals surface area contributed by atoms with Crippen LogP contribution in [0.2, 0.25) is 0 Å². The standard InChI is InChI=1S/C11H11BrFN3O2S/c1-7-5-9(13)8(12)6-10(7)15-19(17,18)11-3-4-14-16(11)2/h3-6,15H,1-2H3. The van der Waals surface area contributed by atoms with Crippen LogP contribution < -0.4 is 4.72 Å². The molecule has 1 heterocycles. The summed E-state index contributed by atoms with van der Waals surface area (Å²) >= 11 is 3.02. The molecule has 8 heteroatoms. The molecule has 0 aliphatic rings. The van der Waals surface area contributed by atoms with E-state index in [2.05, 4.69) is 25.8 Å². The molecule has 0 aliphatic heterocycles. The Labute approximate surface area is 118 Å². The molecule has 2 aromatic rings. The van der Waals surface area contributed by atoms with Crippen molar-refractivity contribution < 1.29 is 12.8 Å². The van der Waals surface area contributed by atoms with E-state index in [1.165, 1.54) is 36.1 Å². The van der Waals surface area contributed by atoms with E-state index in [1.807, 2.05) is 0 Å². The summed E-state index contributed by atoms with van der Waals surface area (Å²) in [4.78, 5) is 0. The number of aromatic nitrogens is 2. The lowest BCUT2D eigenvalue weighted by Crippen LogP contribution is -2.17. The summed E-state index contributed by atoms with van der Waals surface area (Å²) in [5.74, 6) is -0.444. The Morgan fingerprint density at radius 1 is 1.42 bits per heavy atom. The topological polar surface area (TPSA) is 64.0 Å². The second-order valence-electron chi connectivity index (χ2n) is 3.98. The van der Waals surface area contributed by atoms with Gasteiger partial charge in [0.2, 0.25) is 0 Å². The summed E-state index contributed by atoms with van der Waals surface area (Å²) in [6, 6.07) is 4.03. The van der Waals surface area contributed by atoms with Gasteiger partial charge in [0.15, 0.2) is 5.03 Å². The normalized spacial score (nSPS) is 11.6. The largest absolute Gasteiger partial charge is 0.279 e. The number of anilines is 1. The lowest BCUT2D eigenvalue weighted by atomic mass is 10.2. The molecule has 0 bridgehead atoms. The molecule has 0 spiro atoms. The van der Waals surface area contributed by atoms with Crippen LogP contribution in [-0.2, 0) is 17.1 Å². The van der Waals surface area contributed by atoms with Crippen molar-refractivity contribution in [2.75, 3.05) is 4.72 Å². The van der Waals surface area contributed by atoms with Crippen LogP contribution in [-0.4, -0.2) is 18.2 Å². The molecule has 0 aliphatic carbocycles. The molecule has 0 atom stereocenters. The van der Waals surface area contributed by atoms with E-state index >= 15 is 0 Å². The molecule has 19 heavy (non-hydrogen) atoms. The number of halogens is 2. The fraction of sp³-hybridized carbons (Fsp3) is 0.182. The number of nitrogens with one attached hydrogen (secondary N) is 1. The average Bonchev–Trinajstić information content (AvgIpc) is 2.73. The number of sulfonamides is 1. The average molecular weight is 348 g/mol. The molecule has 102 valence electrons. The minimum Gasteiger partial charge on any atom is -0.278 e. The van der Waals surface area contributed by atoms with Gasteiger partial charge in [-0.15, -0.1) is 0 Å². The van der Waals surface area contributed by atoms with Crippen LogP contribution >= 0.6 is 15.9 Å². The smallest absolute Gasteiger partial charge is 0.278 e. The summed E-state index contributed by atoms with van der Waals surface area (Å²) in [6.45, 7) is 1.62. The van der Waals surface area contributed by atoms with Crippen molar-refractivity contribution in [1.82, 2.24) is 9.78 Å². The van der Waals surface area contributed by atoms with Crippen molar-refractivity contribution in [2.45, 2.75) is 11.9 Å². The molecule has 0 saturated carbocycles. The van der Waals surface area contributed by atoms with Crippen LogP contribution in [0.15, 0.2) is 33.9 Å². The molecule has 0 amide bonds. The zero-order valence-corrected chi connectivity index (χ0v) is 12.6. The number of benzene rings is 1. The Morgan fingerprint density at radius 2 is 2.11 bits per heavy atom. The first-order valence-corrected chi connectivity index (χ1v) is 7.55. The maximum absolute atomic E-state index is 13.3. The van der Waals surface area contributed by atoms with Crippen LogP contribution in [0.25, 0.3) is 0 Å². The van der Waals surface area contributed by atoms with Crippen LogP contribution in [0.1, 0.15) is 5.56 Å². The van der Waals surface area contributed by atoms with E-state index < -0.39 is 15.8 Å². The lowest BCUT2D eigenvalue weighted by molar-refractivity contribution is 0.582. The van der Waals surface area contributed by atoms with Crippen molar-refractivity contribution in [2.24, 2.45) is 7.05 Å². The molecule has 0 fully saturated rings. The second-order valence-corrected chi connectivity index (χ2v) is 6.46. The third-order valence-electron chi connectivity index (χ3n) is 2.56. The van der Waals surface area contributed by atoms with Crippen LogP contribution in [0, 0.1) is 12.7 Å². The molecule has 1 aromatic heterocycles. The number of rotatable bonds is 3. The lowest BCUT2D eigenvalue weighted by Gasteiger charge is -2.11. The van der Waals surface area contributed by atoms with E-state index in [4.69, 9.17) is 0 Å².